The number of aromatic nitrogens is 2. The van der Waals surface area contributed by atoms with E-state index in [0.29, 0.717) is 19.0 Å². The van der Waals surface area contributed by atoms with E-state index in [9.17, 15) is 8.42 Å². The molecule has 20 heavy (non-hydrogen) atoms. The van der Waals surface area contributed by atoms with Gasteiger partial charge in [-0.05, 0) is 19.8 Å². The molecule has 1 aliphatic rings. The Morgan fingerprint density at radius 1 is 1.40 bits per heavy atom. The molecule has 1 fully saturated rings. The number of hydrogen-bond acceptors (Lipinski definition) is 6. The molecule has 1 N–H and O–H groups in total. The lowest BCUT2D eigenvalue weighted by Gasteiger charge is -2.38. The molecule has 1 aromatic rings. The van der Waals surface area contributed by atoms with Crippen LogP contribution in [0.1, 0.15) is 19.8 Å². The zero-order valence-corrected chi connectivity index (χ0v) is 12.8. The van der Waals surface area contributed by atoms with E-state index in [1.807, 2.05) is 6.92 Å². The van der Waals surface area contributed by atoms with Crippen molar-refractivity contribution in [2.75, 3.05) is 32.6 Å². The van der Waals surface area contributed by atoms with E-state index in [-0.39, 0.29) is 4.90 Å². The minimum Gasteiger partial charge on any atom is -0.377 e. The number of hydrogen-bond donors (Lipinski definition) is 1. The van der Waals surface area contributed by atoms with Crippen LogP contribution in [-0.2, 0) is 14.8 Å². The number of sulfonamides is 1. The van der Waals surface area contributed by atoms with Crippen molar-refractivity contribution in [3.8, 4) is 0 Å². The Labute approximate surface area is 119 Å². The zero-order chi connectivity index (χ0) is 14.8. The summed E-state index contributed by atoms with van der Waals surface area (Å²) in [4.78, 5) is 8.02. The molecule has 0 bridgehead atoms. The summed E-state index contributed by atoms with van der Waals surface area (Å²) in [5.41, 5.74) is -0.433. The molecular weight excluding hydrogens is 280 g/mol. The number of nitrogens with zero attached hydrogens (tertiary/aromatic N) is 3. The van der Waals surface area contributed by atoms with E-state index in [1.165, 1.54) is 16.7 Å². The van der Waals surface area contributed by atoms with E-state index in [2.05, 4.69) is 15.3 Å². The summed E-state index contributed by atoms with van der Waals surface area (Å²) in [6, 6.07) is 0. The summed E-state index contributed by atoms with van der Waals surface area (Å²) in [5, 5.41) is 2.76. The molecule has 0 aliphatic carbocycles. The fourth-order valence-corrected chi connectivity index (χ4v) is 3.74. The summed E-state index contributed by atoms with van der Waals surface area (Å²) in [6.45, 7) is 2.77. The Balaban J connectivity index is 2.25. The fourth-order valence-electron chi connectivity index (χ4n) is 2.26. The summed E-state index contributed by atoms with van der Waals surface area (Å²) < 4.78 is 32.0. The molecule has 0 aromatic carbocycles. The molecule has 2 heterocycles. The first-order valence-corrected chi connectivity index (χ1v) is 7.90. The van der Waals surface area contributed by atoms with Gasteiger partial charge in [0.25, 0.3) is 0 Å². The van der Waals surface area contributed by atoms with Crippen molar-refractivity contribution in [1.29, 1.82) is 0 Å². The van der Waals surface area contributed by atoms with Gasteiger partial charge in [-0.1, -0.05) is 0 Å². The van der Waals surface area contributed by atoms with Gasteiger partial charge in [0.1, 0.15) is 4.90 Å². The van der Waals surface area contributed by atoms with Crippen LogP contribution in [0.5, 0.6) is 0 Å². The molecule has 112 valence electrons. The number of piperidine rings is 1. The highest BCUT2D eigenvalue weighted by Gasteiger charge is 2.37. The summed E-state index contributed by atoms with van der Waals surface area (Å²) >= 11 is 0. The van der Waals surface area contributed by atoms with Crippen molar-refractivity contribution < 1.29 is 13.2 Å². The minimum absolute atomic E-state index is 0.108. The second-order valence-corrected chi connectivity index (χ2v) is 7.03. The molecule has 8 heteroatoms. The Hall–Kier alpha value is -1.25. The van der Waals surface area contributed by atoms with Crippen LogP contribution in [0.25, 0.3) is 0 Å². The summed E-state index contributed by atoms with van der Waals surface area (Å²) in [5.74, 6) is 0.393. The monoisotopic (exact) mass is 300 g/mol. The third kappa shape index (κ3) is 2.92. The van der Waals surface area contributed by atoms with Crippen LogP contribution in [0.3, 0.4) is 0 Å². The number of anilines is 1. The first kappa shape index (κ1) is 15.1. The number of nitrogens with one attached hydrogen (secondary N) is 1. The van der Waals surface area contributed by atoms with Gasteiger partial charge >= 0.3 is 0 Å². The minimum atomic E-state index is -3.57. The zero-order valence-electron chi connectivity index (χ0n) is 12.0. The van der Waals surface area contributed by atoms with Crippen LogP contribution in [0, 0.1) is 0 Å². The fraction of sp³-hybridized carbons (Fsp3) is 0.667. The van der Waals surface area contributed by atoms with E-state index in [4.69, 9.17) is 4.74 Å². The largest absolute Gasteiger partial charge is 0.377 e. The van der Waals surface area contributed by atoms with Crippen molar-refractivity contribution in [2.24, 2.45) is 0 Å². The Bertz CT molecular complexity index is 561. The number of ether oxygens (including phenoxy) is 1. The lowest BCUT2D eigenvalue weighted by atomic mass is 9.96. The maximum Gasteiger partial charge on any atom is 0.246 e. The van der Waals surface area contributed by atoms with Crippen molar-refractivity contribution in [1.82, 2.24) is 14.3 Å². The maximum absolute atomic E-state index is 12.6. The van der Waals surface area contributed by atoms with Crippen LogP contribution in [-0.4, -0.2) is 55.5 Å². The predicted molar refractivity (Wildman–Crippen MR) is 75.0 cm³/mol. The van der Waals surface area contributed by atoms with Crippen LogP contribution >= 0.6 is 0 Å². The number of rotatable bonds is 4. The van der Waals surface area contributed by atoms with Gasteiger partial charge in [-0.15, -0.1) is 0 Å². The topological polar surface area (TPSA) is 84.4 Å². The summed E-state index contributed by atoms with van der Waals surface area (Å²) in [7, 11) is -0.277. The van der Waals surface area contributed by atoms with Crippen molar-refractivity contribution in [3.05, 3.63) is 12.4 Å². The van der Waals surface area contributed by atoms with Crippen LogP contribution in [0.4, 0.5) is 5.95 Å². The molecule has 1 aromatic heterocycles. The van der Waals surface area contributed by atoms with E-state index < -0.39 is 15.6 Å². The molecule has 0 saturated carbocycles. The van der Waals surface area contributed by atoms with Gasteiger partial charge in [0.05, 0.1) is 18.0 Å². The highest BCUT2D eigenvalue weighted by Crippen LogP contribution is 2.28. The molecule has 7 nitrogen and oxygen atoms in total. The van der Waals surface area contributed by atoms with Crippen LogP contribution < -0.4 is 5.32 Å². The van der Waals surface area contributed by atoms with E-state index in [1.54, 1.807) is 14.2 Å². The molecule has 1 atom stereocenters. The molecule has 0 spiro atoms. The van der Waals surface area contributed by atoms with Gasteiger partial charge in [-0.3, -0.25) is 0 Å². The average molecular weight is 300 g/mol. The van der Waals surface area contributed by atoms with Gasteiger partial charge in [0.2, 0.25) is 16.0 Å². The molecule has 0 radical (unpaired) electrons. The molecular formula is C12H20N4O3S. The predicted octanol–water partition coefficient (Wildman–Crippen LogP) is 0.708. The van der Waals surface area contributed by atoms with Gasteiger partial charge in [-0.25, -0.2) is 18.4 Å². The highest BCUT2D eigenvalue weighted by atomic mass is 32.2. The van der Waals surface area contributed by atoms with Gasteiger partial charge in [-0.2, -0.15) is 4.31 Å². The first-order valence-electron chi connectivity index (χ1n) is 6.46. The Morgan fingerprint density at radius 3 is 2.60 bits per heavy atom. The van der Waals surface area contributed by atoms with Crippen LogP contribution in [0.2, 0.25) is 0 Å². The van der Waals surface area contributed by atoms with Crippen molar-refractivity contribution >= 4 is 16.0 Å². The second-order valence-electron chi connectivity index (χ2n) is 5.09. The van der Waals surface area contributed by atoms with Crippen LogP contribution in [0.15, 0.2) is 17.3 Å². The lowest BCUT2D eigenvalue weighted by Crippen LogP contribution is -2.49. The Kier molecular flexibility index (Phi) is 4.26. The average Bonchev–Trinajstić information content (AvgIpc) is 2.47. The molecule has 1 unspecified atom stereocenters. The molecule has 2 rings (SSSR count). The normalized spacial score (nSPS) is 24.6. The van der Waals surface area contributed by atoms with Gasteiger partial charge in [0, 0.05) is 27.2 Å². The van der Waals surface area contributed by atoms with Crippen molar-refractivity contribution in [3.63, 3.8) is 0 Å². The third-order valence-electron chi connectivity index (χ3n) is 3.61. The quantitative estimate of drug-likeness (QED) is 0.881. The van der Waals surface area contributed by atoms with Gasteiger partial charge in [0.15, 0.2) is 0 Å². The summed E-state index contributed by atoms with van der Waals surface area (Å²) in [6.07, 6.45) is 4.28. The standard InChI is InChI=1S/C12H20N4O3S/c1-12(19-3)5-4-6-16(9-12)20(17,18)10-7-14-11(13-2)15-8-10/h7-8H,4-6,9H2,1-3H3,(H,13,14,15). The Morgan fingerprint density at radius 2 is 2.05 bits per heavy atom. The lowest BCUT2D eigenvalue weighted by molar-refractivity contribution is -0.0319. The smallest absolute Gasteiger partial charge is 0.246 e. The van der Waals surface area contributed by atoms with E-state index in [0.717, 1.165) is 12.8 Å². The highest BCUT2D eigenvalue weighted by molar-refractivity contribution is 7.89. The SMILES string of the molecule is CNc1ncc(S(=O)(=O)N2CCCC(C)(OC)C2)cn1. The number of methoxy groups -OCH3 is 1. The molecule has 1 aliphatic heterocycles. The van der Waals surface area contributed by atoms with Crippen molar-refractivity contribution in [2.45, 2.75) is 30.3 Å². The molecule has 0 amide bonds. The first-order chi connectivity index (χ1) is 9.41. The maximum atomic E-state index is 12.6. The second kappa shape index (κ2) is 5.63. The van der Waals surface area contributed by atoms with E-state index >= 15 is 0 Å². The molecule has 1 saturated heterocycles. The van der Waals surface area contributed by atoms with Gasteiger partial charge < -0.3 is 10.1 Å². The third-order valence-corrected chi connectivity index (χ3v) is 5.40.